The van der Waals surface area contributed by atoms with Gasteiger partial charge in [0, 0.05) is 19.6 Å². The fraction of sp³-hybridized carbons (Fsp3) is 0.533. The first kappa shape index (κ1) is 13.7. The Morgan fingerprint density at radius 2 is 2.16 bits per heavy atom. The molecule has 104 valence electrons. The van der Waals surface area contributed by atoms with Crippen LogP contribution in [0.5, 0.6) is 5.75 Å². The first-order valence-corrected chi connectivity index (χ1v) is 6.83. The molecule has 0 radical (unpaired) electrons. The van der Waals surface area contributed by atoms with E-state index in [1.807, 2.05) is 31.3 Å². The summed E-state index contributed by atoms with van der Waals surface area (Å²) in [5.74, 6) is 0.821. The average Bonchev–Trinajstić information content (AvgIpc) is 2.91. The van der Waals surface area contributed by atoms with Gasteiger partial charge in [-0.3, -0.25) is 0 Å². The van der Waals surface area contributed by atoms with Gasteiger partial charge in [-0.2, -0.15) is 0 Å². The molecule has 19 heavy (non-hydrogen) atoms. The van der Waals surface area contributed by atoms with E-state index in [9.17, 15) is 4.79 Å². The summed E-state index contributed by atoms with van der Waals surface area (Å²) in [5, 5.41) is 3.08. The quantitative estimate of drug-likeness (QED) is 0.906. The van der Waals surface area contributed by atoms with Crippen molar-refractivity contribution in [1.82, 2.24) is 10.2 Å². The molecule has 0 aromatic heterocycles. The van der Waals surface area contributed by atoms with Gasteiger partial charge in [0.2, 0.25) is 0 Å². The highest BCUT2D eigenvalue weighted by molar-refractivity contribution is 5.74. The van der Waals surface area contributed by atoms with Gasteiger partial charge >= 0.3 is 6.03 Å². The van der Waals surface area contributed by atoms with E-state index < -0.39 is 0 Å². The van der Waals surface area contributed by atoms with Crippen molar-refractivity contribution in [3.05, 3.63) is 29.8 Å². The number of hydrogen-bond donors (Lipinski definition) is 1. The van der Waals surface area contributed by atoms with E-state index in [-0.39, 0.29) is 6.03 Å². The maximum absolute atomic E-state index is 12.0. The number of methoxy groups -OCH3 is 1. The Morgan fingerprint density at radius 1 is 1.42 bits per heavy atom. The Kier molecular flexibility index (Phi) is 4.66. The number of nitrogens with zero attached hydrogens (tertiary/aromatic N) is 1. The number of nitrogens with one attached hydrogen (secondary N) is 1. The Balaban J connectivity index is 1.88. The van der Waals surface area contributed by atoms with Crippen LogP contribution in [0.25, 0.3) is 0 Å². The molecule has 0 bridgehead atoms. The highest BCUT2D eigenvalue weighted by Crippen LogP contribution is 2.18. The average molecular weight is 262 g/mol. The number of amides is 2. The lowest BCUT2D eigenvalue weighted by Crippen LogP contribution is -2.41. The summed E-state index contributed by atoms with van der Waals surface area (Å²) >= 11 is 0. The Morgan fingerprint density at radius 3 is 2.84 bits per heavy atom. The van der Waals surface area contributed by atoms with Gasteiger partial charge < -0.3 is 15.0 Å². The van der Waals surface area contributed by atoms with Crippen LogP contribution in [0.2, 0.25) is 0 Å². The van der Waals surface area contributed by atoms with Crippen LogP contribution in [0, 0.1) is 0 Å². The smallest absolute Gasteiger partial charge is 0.317 e. The third-order valence-electron chi connectivity index (χ3n) is 3.58. The molecule has 1 fully saturated rings. The molecule has 2 rings (SSSR count). The predicted octanol–water partition coefficient (Wildman–Crippen LogP) is 2.78. The number of carbonyl (C=O) groups excluding carboxylic acids is 1. The van der Waals surface area contributed by atoms with Gasteiger partial charge in [0.25, 0.3) is 0 Å². The number of ether oxygens (including phenoxy) is 1. The third kappa shape index (κ3) is 3.88. The maximum atomic E-state index is 12.0. The van der Waals surface area contributed by atoms with Crippen LogP contribution in [0.1, 0.15) is 31.2 Å². The highest BCUT2D eigenvalue weighted by Gasteiger charge is 2.19. The molecule has 1 aliphatic rings. The van der Waals surface area contributed by atoms with Crippen molar-refractivity contribution in [3.8, 4) is 5.75 Å². The molecule has 0 heterocycles. The van der Waals surface area contributed by atoms with Gasteiger partial charge in [0.1, 0.15) is 5.75 Å². The van der Waals surface area contributed by atoms with Crippen molar-refractivity contribution < 1.29 is 9.53 Å². The minimum atomic E-state index is 0.00900. The molecular formula is C15H22N2O2. The van der Waals surface area contributed by atoms with E-state index in [1.54, 1.807) is 12.0 Å². The molecule has 1 N–H and O–H groups in total. The second-order valence-electron chi connectivity index (χ2n) is 5.14. The lowest BCUT2D eigenvalue weighted by Gasteiger charge is -2.21. The lowest BCUT2D eigenvalue weighted by atomic mass is 10.2. The van der Waals surface area contributed by atoms with E-state index >= 15 is 0 Å². The number of carbonyl (C=O) groups is 1. The van der Waals surface area contributed by atoms with Crippen LogP contribution < -0.4 is 10.1 Å². The topological polar surface area (TPSA) is 41.6 Å². The van der Waals surface area contributed by atoms with Crippen molar-refractivity contribution in [2.24, 2.45) is 0 Å². The SMILES string of the molecule is COc1cccc(CN(C)C(=O)NC2CCCC2)c1. The number of urea groups is 1. The second-order valence-corrected chi connectivity index (χ2v) is 5.14. The summed E-state index contributed by atoms with van der Waals surface area (Å²) in [6, 6.07) is 8.18. The molecule has 4 heteroatoms. The fourth-order valence-corrected chi connectivity index (χ4v) is 2.47. The normalized spacial score (nSPS) is 15.3. The van der Waals surface area contributed by atoms with Crippen molar-refractivity contribution >= 4 is 6.03 Å². The van der Waals surface area contributed by atoms with Crippen molar-refractivity contribution in [3.63, 3.8) is 0 Å². The van der Waals surface area contributed by atoms with E-state index in [2.05, 4.69) is 5.32 Å². The van der Waals surface area contributed by atoms with Crippen molar-refractivity contribution in [1.29, 1.82) is 0 Å². The molecule has 0 spiro atoms. The summed E-state index contributed by atoms with van der Waals surface area (Å²) in [5.41, 5.74) is 1.07. The molecule has 0 saturated heterocycles. The van der Waals surface area contributed by atoms with Crippen LogP contribution >= 0.6 is 0 Å². The van der Waals surface area contributed by atoms with Gasteiger partial charge in [-0.1, -0.05) is 25.0 Å². The molecule has 0 unspecified atom stereocenters. The summed E-state index contributed by atoms with van der Waals surface area (Å²) < 4.78 is 5.19. The first-order chi connectivity index (χ1) is 9.19. The van der Waals surface area contributed by atoms with Crippen LogP contribution in [0.15, 0.2) is 24.3 Å². The first-order valence-electron chi connectivity index (χ1n) is 6.83. The number of hydrogen-bond acceptors (Lipinski definition) is 2. The fourth-order valence-electron chi connectivity index (χ4n) is 2.47. The zero-order valence-electron chi connectivity index (χ0n) is 11.7. The molecule has 2 amide bonds. The minimum absolute atomic E-state index is 0.00900. The van der Waals surface area contributed by atoms with Crippen LogP contribution in [0.4, 0.5) is 4.79 Å². The zero-order valence-corrected chi connectivity index (χ0v) is 11.7. The Hall–Kier alpha value is -1.71. The molecule has 0 atom stereocenters. The standard InChI is InChI=1S/C15H22N2O2/c1-17(15(18)16-13-7-3-4-8-13)11-12-6-5-9-14(10-12)19-2/h5-6,9-10,13H,3-4,7-8,11H2,1-2H3,(H,16,18). The number of rotatable bonds is 4. The molecule has 0 aliphatic heterocycles. The van der Waals surface area contributed by atoms with Crippen LogP contribution in [0.3, 0.4) is 0 Å². The Bertz CT molecular complexity index is 428. The molecule has 1 aromatic carbocycles. The minimum Gasteiger partial charge on any atom is -0.497 e. The highest BCUT2D eigenvalue weighted by atomic mass is 16.5. The van der Waals surface area contributed by atoms with Gasteiger partial charge in [-0.05, 0) is 30.5 Å². The third-order valence-corrected chi connectivity index (χ3v) is 3.58. The Labute approximate surface area is 114 Å². The van der Waals surface area contributed by atoms with Crippen molar-refractivity contribution in [2.45, 2.75) is 38.3 Å². The number of benzene rings is 1. The molecule has 1 saturated carbocycles. The summed E-state index contributed by atoms with van der Waals surface area (Å²) in [6.45, 7) is 0.593. The molecule has 1 aliphatic carbocycles. The van der Waals surface area contributed by atoms with Crippen LogP contribution in [-0.4, -0.2) is 31.1 Å². The van der Waals surface area contributed by atoms with E-state index in [0.29, 0.717) is 12.6 Å². The predicted molar refractivity (Wildman–Crippen MR) is 75.2 cm³/mol. The molecule has 4 nitrogen and oxygen atoms in total. The van der Waals surface area contributed by atoms with E-state index in [4.69, 9.17) is 4.74 Å². The van der Waals surface area contributed by atoms with Gasteiger partial charge in [-0.25, -0.2) is 4.79 Å². The van der Waals surface area contributed by atoms with Crippen molar-refractivity contribution in [2.75, 3.05) is 14.2 Å². The summed E-state index contributed by atoms with van der Waals surface area (Å²) in [7, 11) is 3.47. The molecular weight excluding hydrogens is 240 g/mol. The lowest BCUT2D eigenvalue weighted by molar-refractivity contribution is 0.202. The summed E-state index contributed by atoms with van der Waals surface area (Å²) in [4.78, 5) is 13.8. The van der Waals surface area contributed by atoms with E-state index in [0.717, 1.165) is 24.2 Å². The largest absolute Gasteiger partial charge is 0.497 e. The van der Waals surface area contributed by atoms with Gasteiger partial charge in [-0.15, -0.1) is 0 Å². The summed E-state index contributed by atoms with van der Waals surface area (Å²) in [6.07, 6.45) is 4.67. The second kappa shape index (κ2) is 6.45. The monoisotopic (exact) mass is 262 g/mol. The van der Waals surface area contributed by atoms with Crippen LogP contribution in [-0.2, 0) is 6.54 Å². The molecule has 1 aromatic rings. The zero-order chi connectivity index (χ0) is 13.7. The van der Waals surface area contributed by atoms with E-state index in [1.165, 1.54) is 12.8 Å². The van der Waals surface area contributed by atoms with Gasteiger partial charge in [0.15, 0.2) is 0 Å². The van der Waals surface area contributed by atoms with Gasteiger partial charge in [0.05, 0.1) is 7.11 Å². The maximum Gasteiger partial charge on any atom is 0.317 e.